The van der Waals surface area contributed by atoms with E-state index in [0.717, 1.165) is 22.3 Å². The number of anilines is 2. The van der Waals surface area contributed by atoms with Crippen LogP contribution < -0.4 is 68.3 Å². The van der Waals surface area contributed by atoms with Crippen molar-refractivity contribution in [1.82, 2.24) is 66.6 Å². The van der Waals surface area contributed by atoms with Crippen molar-refractivity contribution in [3.8, 4) is 11.5 Å². The first kappa shape index (κ1) is 108. The molecule has 15 N–H and O–H groups in total. The van der Waals surface area contributed by atoms with Gasteiger partial charge < -0.3 is 123 Å². The van der Waals surface area contributed by atoms with Gasteiger partial charge in [-0.25, -0.2) is 14.0 Å². The van der Waals surface area contributed by atoms with Crippen LogP contribution in [0.1, 0.15) is 171 Å². The van der Waals surface area contributed by atoms with Crippen LogP contribution >= 0.6 is 12.2 Å². The number of thiocarbonyl (C=S) groups is 1. The molecule has 730 valence electrons. The zero-order chi connectivity index (χ0) is 97.6. The summed E-state index contributed by atoms with van der Waals surface area (Å²) >= 11 is 5.73. The molecule has 0 radical (unpaired) electrons. The summed E-state index contributed by atoms with van der Waals surface area (Å²) < 4.78 is 13.8. The van der Waals surface area contributed by atoms with Crippen LogP contribution in [0.4, 0.5) is 20.6 Å². The lowest BCUT2D eigenvalue weighted by molar-refractivity contribution is -0.310. The van der Waals surface area contributed by atoms with Gasteiger partial charge in [0.1, 0.15) is 16.6 Å². The normalized spacial score (nSPS) is 14.8. The molecule has 0 saturated carbocycles. The molecular weight excluding hydrogens is 1770 g/mol. The highest BCUT2D eigenvalue weighted by Gasteiger charge is 2.33. The second-order valence-electron chi connectivity index (χ2n) is 33.0. The van der Waals surface area contributed by atoms with Crippen LogP contribution in [0.5, 0.6) is 11.5 Å². The fraction of sp³-hybridized carbons (Fsp3) is 0.500. The number of nitrogens with one attached hydrogen (secondary N) is 9. The van der Waals surface area contributed by atoms with Crippen molar-refractivity contribution in [1.29, 1.82) is 0 Å². The molecule has 0 spiro atoms. The van der Waals surface area contributed by atoms with E-state index in [1.807, 2.05) is 15.1 Å². The van der Waals surface area contributed by atoms with E-state index in [0.29, 0.717) is 92.4 Å². The van der Waals surface area contributed by atoms with Gasteiger partial charge in [0.15, 0.2) is 0 Å². The minimum atomic E-state index is -1.79. The first-order valence-electron chi connectivity index (χ1n) is 44.7. The number of nitrogens with zero attached hydrogens (tertiary/aromatic N) is 6. The Morgan fingerprint density at radius 3 is 1.42 bits per heavy atom. The summed E-state index contributed by atoms with van der Waals surface area (Å²) in [5, 5.41) is 131. The Morgan fingerprint density at radius 1 is 0.440 bits per heavy atom. The van der Waals surface area contributed by atoms with E-state index in [-0.39, 0.29) is 234 Å². The van der Waals surface area contributed by atoms with Gasteiger partial charge >= 0.3 is 35.9 Å². The lowest BCUT2D eigenvalue weighted by Gasteiger charge is -2.37. The molecule has 1 heterocycles. The predicted molar refractivity (Wildman–Crippen MR) is 482 cm³/mol. The van der Waals surface area contributed by atoms with Crippen molar-refractivity contribution < 1.29 is 127 Å². The molecule has 7 rings (SSSR count). The van der Waals surface area contributed by atoms with E-state index in [2.05, 4.69) is 42.5 Å². The number of phenolic OH excluding ortho intramolecular Hbond substituents is 1. The highest BCUT2D eigenvalue weighted by atomic mass is 32.1. The van der Waals surface area contributed by atoms with E-state index >= 15 is 0 Å². The third kappa shape index (κ3) is 41.1. The molecule has 0 aromatic heterocycles. The monoisotopic (exact) mass is 1890 g/mol. The van der Waals surface area contributed by atoms with Crippen molar-refractivity contribution in [3.05, 3.63) is 153 Å². The minimum Gasteiger partial charge on any atom is -0.872 e. The van der Waals surface area contributed by atoms with Crippen LogP contribution in [-0.4, -0.2) is 316 Å². The second kappa shape index (κ2) is 57.5. The average molecular weight is 1890 g/mol. The number of fused-ring (bicyclic) bond motifs is 2. The molecule has 1 saturated heterocycles. The van der Waals surface area contributed by atoms with Crippen LogP contribution in [0, 0.1) is 5.82 Å². The lowest BCUT2D eigenvalue weighted by atomic mass is 9.73. The van der Waals surface area contributed by atoms with Gasteiger partial charge in [0, 0.05) is 191 Å². The summed E-state index contributed by atoms with van der Waals surface area (Å²) in [6.45, 7) is 1.46. The van der Waals surface area contributed by atoms with Crippen LogP contribution in [0.15, 0.2) is 103 Å². The summed E-state index contributed by atoms with van der Waals surface area (Å²) in [6, 6.07) is 21.4. The predicted octanol–water partition coefficient (Wildman–Crippen LogP) is -0.222. The maximum Gasteiger partial charge on any atom is 0.336 e. The van der Waals surface area contributed by atoms with Gasteiger partial charge in [-0.3, -0.25) is 67.5 Å². The summed E-state index contributed by atoms with van der Waals surface area (Å²) in [7, 11) is 0. The highest BCUT2D eigenvalue weighted by Crippen LogP contribution is 2.44. The number of urea groups is 1. The Morgan fingerprint density at radius 2 is 0.881 bits per heavy atom. The van der Waals surface area contributed by atoms with Gasteiger partial charge in [0.2, 0.25) is 35.4 Å². The van der Waals surface area contributed by atoms with Crippen LogP contribution in [0.2, 0.25) is 0 Å². The molecule has 4 atom stereocenters. The number of aromatic hydroxyl groups is 1. The van der Waals surface area contributed by atoms with Crippen LogP contribution in [0.3, 0.4) is 0 Å². The van der Waals surface area contributed by atoms with Crippen LogP contribution in [0.25, 0.3) is 0 Å². The molecule has 0 bridgehead atoms. The number of rotatable bonds is 58. The molecule has 5 aromatic rings. The van der Waals surface area contributed by atoms with Crippen molar-refractivity contribution >= 4 is 118 Å². The lowest BCUT2D eigenvalue weighted by Crippen LogP contribution is -2.56. The Labute approximate surface area is 780 Å². The maximum atomic E-state index is 13.8. The standard InChI is InChI=1S/C92H124FN15O25S/c93-64-16-20-66(21-17-64)100-81(116)32-41-104(39-30-77(112)95-33-7-2-1-4-12-80(115)99-65-18-13-60(14-19-65)50-67-55-107(58-85(123)124)47-46-105(56-83(119)120)44-45-106(57-84(121)122)48-49-108(67)59-86(125)126)43-42-103(38-29-78(113)96-34-8-3-5-11-76(111)94-35-9-6-10-74(90(129)130)101-92(133)102-75(91(131)132)27-28-82(117)118)40-31-79(114)97-36-37-98-88(134)61-15-24-72(73(54-61)89(127)128)87-70-25-22-68(109)52-62(70)51-63-53-69(110)23-26-71(63)87/h13-26,52-54,67,74-75,87,109-110H,1-12,27-51,55-59H2,(H,94,111)(H,95,112)(H,96,113)(H,97,114)(H,98,134)(H,99,115)(H,100,116)(H,117,118)(H,119,120)(H,121,122)(H,123,124)(H,125,126)(H,127,128)(H,129,130)(H,131,132)(H2,101,102,133)/p-4. The van der Waals surface area contributed by atoms with Gasteiger partial charge in [-0.15, -0.1) is 5.75 Å². The smallest absolute Gasteiger partial charge is 0.336 e. The Bertz CT molecular complexity index is 4770. The first-order chi connectivity index (χ1) is 64.0. The summed E-state index contributed by atoms with van der Waals surface area (Å²) in [6.07, 6.45) is 3.84. The van der Waals surface area contributed by atoms with Crippen molar-refractivity contribution in [2.75, 3.05) is 155 Å². The number of carbonyl (C=O) groups is 15. The van der Waals surface area contributed by atoms with E-state index in [1.165, 1.54) is 48.5 Å². The Hall–Kier alpha value is -12.9. The molecule has 1 fully saturated rings. The number of carboxylic acids is 8. The van der Waals surface area contributed by atoms with Gasteiger partial charge in [-0.05, 0) is 159 Å². The fourth-order valence-electron chi connectivity index (χ4n) is 15.7. The van der Waals surface area contributed by atoms with Crippen molar-refractivity contribution in [3.63, 3.8) is 0 Å². The minimum absolute atomic E-state index is 0.00974. The van der Waals surface area contributed by atoms with E-state index in [1.54, 1.807) is 74.2 Å². The number of halogens is 1. The second-order valence-corrected chi connectivity index (χ2v) is 33.4. The molecule has 8 amide bonds. The number of phenols is 1. The van der Waals surface area contributed by atoms with E-state index in [4.69, 9.17) is 12.2 Å². The molecule has 134 heavy (non-hydrogen) atoms. The maximum absolute atomic E-state index is 13.8. The summed E-state index contributed by atoms with van der Waals surface area (Å²) in [5.74, 6) is -13.9. The highest BCUT2D eigenvalue weighted by molar-refractivity contribution is 7.80. The van der Waals surface area contributed by atoms with Gasteiger partial charge in [-0.1, -0.05) is 80.0 Å². The zero-order valence-corrected chi connectivity index (χ0v) is 75.5. The fourth-order valence-corrected chi connectivity index (χ4v) is 15.9. The third-order valence-electron chi connectivity index (χ3n) is 22.7. The molecule has 42 heteroatoms. The summed E-state index contributed by atoms with van der Waals surface area (Å²) in [4.78, 5) is 198. The van der Waals surface area contributed by atoms with E-state index < -0.39 is 115 Å². The zero-order valence-electron chi connectivity index (χ0n) is 74.7. The van der Waals surface area contributed by atoms with Gasteiger partial charge in [0.25, 0.3) is 0 Å². The molecule has 40 nitrogen and oxygen atoms in total. The summed E-state index contributed by atoms with van der Waals surface area (Å²) in [5.41, 5.74) is 5.35. The molecule has 5 aromatic carbocycles. The number of benzene rings is 5. The topological polar surface area (TPSA) is 597 Å². The number of hydrogen-bond acceptors (Lipinski definition) is 27. The number of aliphatic carboxylic acids is 7. The number of carboxylic acid groups (broad SMARTS) is 8. The molecule has 1 aliphatic heterocycles. The number of carbonyl (C=O) groups excluding carboxylic acids is 10. The number of unbranched alkanes of at least 4 members (excludes halogenated alkanes) is 6. The van der Waals surface area contributed by atoms with E-state index in [9.17, 15) is 127 Å². The largest absolute Gasteiger partial charge is 0.872 e. The third-order valence-corrected chi connectivity index (χ3v) is 23.1. The molecule has 2 aliphatic rings. The number of aromatic carboxylic acids is 1. The van der Waals surface area contributed by atoms with Crippen LogP contribution in [-0.2, 0) is 75.2 Å². The number of amides is 8. The van der Waals surface area contributed by atoms with Gasteiger partial charge in [-0.2, -0.15) is 0 Å². The Kier molecular flexibility index (Phi) is 46.4. The quantitative estimate of drug-likeness (QED) is 0.0173. The average Bonchev–Trinajstić information content (AvgIpc) is 0.745. The van der Waals surface area contributed by atoms with Crippen molar-refractivity contribution in [2.24, 2.45) is 0 Å². The molecule has 4 unspecified atom stereocenters. The van der Waals surface area contributed by atoms with Crippen molar-refractivity contribution in [2.45, 2.75) is 152 Å². The molecular formula is C92H120FN15O25S-4. The van der Waals surface area contributed by atoms with Gasteiger partial charge in [0.05, 0.1) is 55.8 Å². The first-order valence-corrected chi connectivity index (χ1v) is 45.1. The Balaban J connectivity index is 0.908. The number of hydrogen-bond donors (Lipinski definition) is 15. The SMILES string of the molecule is O=C([O-])CCC(NC(=O)NC(CCCCNC(=O)CCCCCNC(=O)CCN(CCC(=O)NCCNC(=S)c1ccc(C2c3ccc([O-])cc3Cc3cc(O)ccc32)c(C(=O)O)c1)CCN(CCC(=O)NCCCCCCC(=O)Nc1ccc(CC2CN(CC(=O)O)CCN(CC(=O)O)CCN(CC(=O)O)CCN2CC(=O)O)cc1)CCC(=O)Nc1ccc(F)cc1)C(=O)[O-])C(=O)[O-]. The molecule has 1 aliphatic carbocycles.